The number of methoxy groups -OCH3 is 2. The van der Waals surface area contributed by atoms with Gasteiger partial charge in [0.05, 0.1) is 24.9 Å². The van der Waals surface area contributed by atoms with Crippen LogP contribution >= 0.6 is 11.6 Å². The molecule has 0 saturated heterocycles. The van der Waals surface area contributed by atoms with Crippen molar-refractivity contribution in [1.29, 1.82) is 0 Å². The molecule has 2 aromatic carbocycles. The summed E-state index contributed by atoms with van der Waals surface area (Å²) < 4.78 is 15.6. The molecule has 0 saturated carbocycles. The summed E-state index contributed by atoms with van der Waals surface area (Å²) in [5.41, 5.74) is 1.24. The molecule has 0 fully saturated rings. The van der Waals surface area contributed by atoms with Gasteiger partial charge >= 0.3 is 0 Å². The Hall–Kier alpha value is -3.06. The van der Waals surface area contributed by atoms with E-state index in [1.807, 2.05) is 12.1 Å². The minimum Gasteiger partial charge on any atom is -0.497 e. The molecule has 27 heavy (non-hydrogen) atoms. The Balaban J connectivity index is 1.61. The second kappa shape index (κ2) is 8.55. The summed E-state index contributed by atoms with van der Waals surface area (Å²) in [5, 5.41) is 7.26. The van der Waals surface area contributed by atoms with Crippen LogP contribution in [0.2, 0.25) is 5.02 Å². The number of hydrogen-bond donors (Lipinski definition) is 1. The monoisotopic (exact) mass is 387 g/mol. The maximum Gasteiger partial charge on any atom is 0.227 e. The lowest BCUT2D eigenvalue weighted by Gasteiger charge is -2.11. The molecule has 7 nitrogen and oxygen atoms in total. The van der Waals surface area contributed by atoms with Crippen molar-refractivity contribution in [3.63, 3.8) is 0 Å². The Morgan fingerprint density at radius 2 is 2.00 bits per heavy atom. The molecule has 3 aromatic rings. The zero-order valence-electron chi connectivity index (χ0n) is 14.9. The van der Waals surface area contributed by atoms with E-state index in [1.54, 1.807) is 37.4 Å². The maximum atomic E-state index is 12.2. The van der Waals surface area contributed by atoms with Crippen molar-refractivity contribution >= 4 is 23.2 Å². The Morgan fingerprint density at radius 3 is 2.74 bits per heavy atom. The molecule has 0 unspecified atom stereocenters. The lowest BCUT2D eigenvalue weighted by molar-refractivity contribution is -0.116. The molecule has 1 N–H and O–H groups in total. The van der Waals surface area contributed by atoms with Crippen LogP contribution in [0.15, 0.2) is 47.0 Å². The van der Waals surface area contributed by atoms with Gasteiger partial charge in [0.2, 0.25) is 17.6 Å². The molecule has 8 heteroatoms. The standard InChI is InChI=1S/C19H18ClN3O4/c1-25-12-7-8-15(16(11-12)26-2)21-17(24)9-10-18-22-19(23-27-18)13-5-3-4-6-14(13)20/h3-8,11H,9-10H2,1-2H3,(H,21,24). The van der Waals surface area contributed by atoms with Crippen molar-refractivity contribution < 1.29 is 18.8 Å². The van der Waals surface area contributed by atoms with Gasteiger partial charge in [-0.2, -0.15) is 4.98 Å². The van der Waals surface area contributed by atoms with Gasteiger partial charge in [0.15, 0.2) is 0 Å². The number of nitrogens with zero attached hydrogens (tertiary/aromatic N) is 2. The molecule has 0 aliphatic rings. The van der Waals surface area contributed by atoms with Crippen molar-refractivity contribution in [2.45, 2.75) is 12.8 Å². The smallest absolute Gasteiger partial charge is 0.227 e. The quantitative estimate of drug-likeness (QED) is 0.659. The number of carbonyl (C=O) groups excluding carboxylic acids is 1. The lowest BCUT2D eigenvalue weighted by atomic mass is 10.2. The predicted octanol–water partition coefficient (Wildman–Crippen LogP) is 3.98. The molecule has 0 bridgehead atoms. The van der Waals surface area contributed by atoms with Crippen LogP contribution in [0, 0.1) is 0 Å². The van der Waals surface area contributed by atoms with E-state index >= 15 is 0 Å². The second-order valence-corrected chi connectivity index (χ2v) is 6.01. The molecule has 1 heterocycles. The fraction of sp³-hybridized carbons (Fsp3) is 0.211. The van der Waals surface area contributed by atoms with Gasteiger partial charge in [-0.05, 0) is 24.3 Å². The third-order valence-electron chi connectivity index (χ3n) is 3.83. The first-order valence-electron chi connectivity index (χ1n) is 8.20. The molecular formula is C19H18ClN3O4. The number of anilines is 1. The van der Waals surface area contributed by atoms with Crippen molar-refractivity contribution in [3.8, 4) is 22.9 Å². The van der Waals surface area contributed by atoms with Crippen molar-refractivity contribution in [1.82, 2.24) is 10.1 Å². The summed E-state index contributed by atoms with van der Waals surface area (Å²) >= 11 is 6.13. The summed E-state index contributed by atoms with van der Waals surface area (Å²) in [7, 11) is 3.09. The predicted molar refractivity (Wildman–Crippen MR) is 101 cm³/mol. The van der Waals surface area contributed by atoms with Crippen molar-refractivity contribution in [2.24, 2.45) is 0 Å². The van der Waals surface area contributed by atoms with Crippen LogP contribution < -0.4 is 14.8 Å². The first-order chi connectivity index (χ1) is 13.1. The van der Waals surface area contributed by atoms with Crippen molar-refractivity contribution in [3.05, 3.63) is 53.4 Å². The number of carbonyl (C=O) groups is 1. The number of nitrogens with one attached hydrogen (secondary N) is 1. The zero-order chi connectivity index (χ0) is 19.2. The highest BCUT2D eigenvalue weighted by Crippen LogP contribution is 2.29. The highest BCUT2D eigenvalue weighted by Gasteiger charge is 2.14. The maximum absolute atomic E-state index is 12.2. The van der Waals surface area contributed by atoms with E-state index in [1.165, 1.54) is 7.11 Å². The average Bonchev–Trinajstić information content (AvgIpc) is 3.16. The van der Waals surface area contributed by atoms with E-state index in [0.29, 0.717) is 45.9 Å². The van der Waals surface area contributed by atoms with Crippen LogP contribution in [0.5, 0.6) is 11.5 Å². The van der Waals surface area contributed by atoms with Crippen LogP contribution in [0.1, 0.15) is 12.3 Å². The molecule has 0 aliphatic heterocycles. The molecule has 0 radical (unpaired) electrons. The SMILES string of the molecule is COc1ccc(NC(=O)CCc2nc(-c3ccccc3Cl)no2)c(OC)c1. The number of aromatic nitrogens is 2. The Labute approximate surface area is 161 Å². The molecule has 1 aromatic heterocycles. The van der Waals surface area contributed by atoms with Gasteiger partial charge < -0.3 is 19.3 Å². The number of benzene rings is 2. The fourth-order valence-electron chi connectivity index (χ4n) is 2.44. The first kappa shape index (κ1) is 18.7. The summed E-state index contributed by atoms with van der Waals surface area (Å²) in [5.74, 6) is 1.72. The molecule has 0 atom stereocenters. The highest BCUT2D eigenvalue weighted by atomic mass is 35.5. The van der Waals surface area contributed by atoms with Crippen LogP contribution in [-0.2, 0) is 11.2 Å². The van der Waals surface area contributed by atoms with E-state index < -0.39 is 0 Å². The zero-order valence-corrected chi connectivity index (χ0v) is 15.6. The van der Waals surface area contributed by atoms with Gasteiger partial charge in [0.25, 0.3) is 0 Å². The Bertz CT molecular complexity index is 942. The molecule has 140 valence electrons. The minimum atomic E-state index is -0.198. The lowest BCUT2D eigenvalue weighted by Crippen LogP contribution is -2.13. The van der Waals surface area contributed by atoms with Crippen LogP contribution in [0.25, 0.3) is 11.4 Å². The third-order valence-corrected chi connectivity index (χ3v) is 4.16. The van der Waals surface area contributed by atoms with Gasteiger partial charge in [0, 0.05) is 24.5 Å². The molecule has 3 rings (SSSR count). The van der Waals surface area contributed by atoms with E-state index in [-0.39, 0.29) is 12.3 Å². The summed E-state index contributed by atoms with van der Waals surface area (Å²) in [6, 6.07) is 12.4. The number of halogens is 1. The number of ether oxygens (including phenoxy) is 2. The van der Waals surface area contributed by atoms with Gasteiger partial charge in [0.1, 0.15) is 11.5 Å². The highest BCUT2D eigenvalue weighted by molar-refractivity contribution is 6.33. The fourth-order valence-corrected chi connectivity index (χ4v) is 2.66. The number of aryl methyl sites for hydroxylation is 1. The largest absolute Gasteiger partial charge is 0.497 e. The van der Waals surface area contributed by atoms with Gasteiger partial charge in [-0.3, -0.25) is 4.79 Å². The van der Waals surface area contributed by atoms with Crippen LogP contribution in [-0.4, -0.2) is 30.3 Å². The number of hydrogen-bond acceptors (Lipinski definition) is 6. The van der Waals surface area contributed by atoms with E-state index in [2.05, 4.69) is 15.5 Å². The first-order valence-corrected chi connectivity index (χ1v) is 8.58. The molecule has 0 aliphatic carbocycles. The van der Waals surface area contributed by atoms with Gasteiger partial charge in [-0.25, -0.2) is 0 Å². The summed E-state index contributed by atoms with van der Waals surface area (Å²) in [4.78, 5) is 16.5. The van der Waals surface area contributed by atoms with Crippen molar-refractivity contribution in [2.75, 3.05) is 19.5 Å². The average molecular weight is 388 g/mol. The molecule has 0 spiro atoms. The normalized spacial score (nSPS) is 10.5. The van der Waals surface area contributed by atoms with E-state index in [0.717, 1.165) is 0 Å². The number of rotatable bonds is 7. The molecular weight excluding hydrogens is 370 g/mol. The van der Waals surface area contributed by atoms with Gasteiger partial charge in [-0.15, -0.1) is 0 Å². The Morgan fingerprint density at radius 1 is 1.19 bits per heavy atom. The van der Waals surface area contributed by atoms with Gasteiger partial charge in [-0.1, -0.05) is 28.9 Å². The van der Waals surface area contributed by atoms with E-state index in [4.69, 9.17) is 25.6 Å². The minimum absolute atomic E-state index is 0.180. The van der Waals surface area contributed by atoms with E-state index in [9.17, 15) is 4.79 Å². The van der Waals surface area contributed by atoms with Crippen LogP contribution in [0.3, 0.4) is 0 Å². The number of amides is 1. The second-order valence-electron chi connectivity index (χ2n) is 5.61. The Kier molecular flexibility index (Phi) is 5.93. The van der Waals surface area contributed by atoms with Crippen LogP contribution in [0.4, 0.5) is 5.69 Å². The molecule has 1 amide bonds. The summed E-state index contributed by atoms with van der Waals surface area (Å²) in [6.45, 7) is 0. The summed E-state index contributed by atoms with van der Waals surface area (Å²) in [6.07, 6.45) is 0.487. The third kappa shape index (κ3) is 4.57. The topological polar surface area (TPSA) is 86.5 Å².